The van der Waals surface area contributed by atoms with E-state index in [1.165, 1.54) is 12.8 Å². The van der Waals surface area contributed by atoms with Gasteiger partial charge < -0.3 is 30.2 Å². The average Bonchev–Trinajstić information content (AvgIpc) is 3.14. The first kappa shape index (κ1) is 31.3. The summed E-state index contributed by atoms with van der Waals surface area (Å²) in [5.74, 6) is -1.59. The quantitative estimate of drug-likeness (QED) is 0.123. The summed E-state index contributed by atoms with van der Waals surface area (Å²) < 4.78 is 0. The number of aliphatic carboxylic acids is 2. The molecule has 4 aliphatic rings. The number of oxime groups is 1. The zero-order valence-corrected chi connectivity index (χ0v) is 24.0. The van der Waals surface area contributed by atoms with E-state index in [1.807, 2.05) is 26.2 Å². The third-order valence-electron chi connectivity index (χ3n) is 10.5. The van der Waals surface area contributed by atoms with E-state index in [2.05, 4.69) is 36.1 Å². The van der Waals surface area contributed by atoms with Crippen molar-refractivity contribution in [1.82, 2.24) is 4.90 Å². The molecule has 0 radical (unpaired) electrons. The van der Waals surface area contributed by atoms with E-state index in [0.29, 0.717) is 35.7 Å². The van der Waals surface area contributed by atoms with Gasteiger partial charge >= 0.3 is 11.9 Å². The number of carboxylic acids is 2. The Hall–Kier alpha value is -2.23. The summed E-state index contributed by atoms with van der Waals surface area (Å²) in [4.78, 5) is 25.5. The number of nitrogens with zero attached hydrogens (tertiary/aromatic N) is 2. The van der Waals surface area contributed by atoms with Gasteiger partial charge in [0.15, 0.2) is 0 Å². The predicted octanol–water partition coefficient (Wildman–Crippen LogP) is 3.95. The van der Waals surface area contributed by atoms with Gasteiger partial charge in [0.2, 0.25) is 0 Å². The second kappa shape index (κ2) is 13.0. The van der Waals surface area contributed by atoms with E-state index in [0.717, 1.165) is 51.5 Å². The van der Waals surface area contributed by atoms with E-state index in [4.69, 9.17) is 24.6 Å². The van der Waals surface area contributed by atoms with E-state index < -0.39 is 17.5 Å². The summed E-state index contributed by atoms with van der Waals surface area (Å²) in [6.45, 7) is 6.28. The van der Waals surface area contributed by atoms with Crippen LogP contribution in [0, 0.1) is 34.5 Å². The van der Waals surface area contributed by atoms with Crippen molar-refractivity contribution in [3.05, 3.63) is 24.3 Å². The van der Waals surface area contributed by atoms with Crippen LogP contribution in [0.5, 0.6) is 0 Å². The highest BCUT2D eigenvalue weighted by Crippen LogP contribution is 2.69. The van der Waals surface area contributed by atoms with E-state index in [9.17, 15) is 10.2 Å². The summed E-state index contributed by atoms with van der Waals surface area (Å²) in [5.41, 5.74) is -0.302. The zero-order chi connectivity index (χ0) is 28.8. The molecule has 39 heavy (non-hydrogen) atoms. The number of aliphatic hydroxyl groups is 2. The number of aliphatic hydroxyl groups excluding tert-OH is 1. The van der Waals surface area contributed by atoms with Crippen LogP contribution < -0.4 is 0 Å². The third-order valence-corrected chi connectivity index (χ3v) is 10.5. The van der Waals surface area contributed by atoms with Gasteiger partial charge in [-0.15, -0.1) is 0 Å². The Bertz CT molecular complexity index is 938. The van der Waals surface area contributed by atoms with Gasteiger partial charge in [-0.1, -0.05) is 37.2 Å². The second-order valence-corrected chi connectivity index (χ2v) is 12.7. The van der Waals surface area contributed by atoms with Crippen molar-refractivity contribution < 1.29 is 34.9 Å². The predicted molar refractivity (Wildman–Crippen MR) is 149 cm³/mol. The molecule has 4 rings (SSSR count). The van der Waals surface area contributed by atoms with Crippen LogP contribution >= 0.6 is 0 Å². The van der Waals surface area contributed by atoms with Crippen molar-refractivity contribution >= 4 is 18.2 Å². The lowest BCUT2D eigenvalue weighted by Crippen LogP contribution is -2.62. The molecule has 0 spiro atoms. The molecule has 0 aliphatic heterocycles. The maximum Gasteiger partial charge on any atom is 0.414 e. The normalized spacial score (nSPS) is 39.7. The van der Waals surface area contributed by atoms with Gasteiger partial charge in [0.05, 0.1) is 17.9 Å². The van der Waals surface area contributed by atoms with Gasteiger partial charge in [-0.3, -0.25) is 0 Å². The fourth-order valence-electron chi connectivity index (χ4n) is 8.22. The lowest BCUT2D eigenvalue weighted by molar-refractivity contribution is -0.207. The molecule has 0 unspecified atom stereocenters. The highest BCUT2D eigenvalue weighted by Gasteiger charge is 2.66. The number of carboxylic acid groups (broad SMARTS) is 2. The smallest absolute Gasteiger partial charge is 0.414 e. The zero-order valence-electron chi connectivity index (χ0n) is 24.0. The Kier molecular flexibility index (Phi) is 10.4. The summed E-state index contributed by atoms with van der Waals surface area (Å²) in [7, 11) is 4.03. The van der Waals surface area contributed by atoms with Crippen molar-refractivity contribution in [1.29, 1.82) is 0 Å². The van der Waals surface area contributed by atoms with Crippen LogP contribution in [0.3, 0.4) is 0 Å². The molecule has 0 bridgehead atoms. The average molecular weight is 549 g/mol. The molecule has 9 nitrogen and oxygen atoms in total. The Labute approximate surface area is 232 Å². The van der Waals surface area contributed by atoms with Crippen LogP contribution in [0.4, 0.5) is 0 Å². The van der Waals surface area contributed by atoms with Gasteiger partial charge in [-0.25, -0.2) is 9.59 Å². The SMILES string of the molecule is CN(C)CCO/N=C/C=C/C=C/[C@H]1CC[C@]2(O)[C@@H]3CC[C@@H]4C[C@@H](O)CC[C@]4(C)[C@H]3CC[C@]12C.O=C(O)C(=O)O. The molecule has 0 aromatic rings. The molecule has 4 N–H and O–H groups in total. The largest absolute Gasteiger partial charge is 0.473 e. The third kappa shape index (κ3) is 6.74. The monoisotopic (exact) mass is 548 g/mol. The van der Waals surface area contributed by atoms with Crippen molar-refractivity contribution in [2.24, 2.45) is 39.7 Å². The number of fused-ring (bicyclic) bond motifs is 5. The molecule has 0 aromatic carbocycles. The molecular formula is C30H48N2O7. The Morgan fingerprint density at radius 2 is 1.67 bits per heavy atom. The Morgan fingerprint density at radius 3 is 2.33 bits per heavy atom. The first-order chi connectivity index (χ1) is 18.3. The van der Waals surface area contributed by atoms with Gasteiger partial charge in [0, 0.05) is 12.0 Å². The number of hydrogen-bond acceptors (Lipinski definition) is 7. The molecule has 220 valence electrons. The summed E-state index contributed by atoms with van der Waals surface area (Å²) in [6, 6.07) is 0. The number of allylic oxidation sites excluding steroid dienone is 4. The van der Waals surface area contributed by atoms with Gasteiger partial charge in [-0.2, -0.15) is 0 Å². The first-order valence-electron chi connectivity index (χ1n) is 14.4. The number of rotatable bonds is 7. The molecule has 4 saturated carbocycles. The van der Waals surface area contributed by atoms with Crippen LogP contribution in [-0.4, -0.2) is 82.4 Å². The maximum atomic E-state index is 12.2. The van der Waals surface area contributed by atoms with Crippen LogP contribution in [0.1, 0.15) is 71.6 Å². The van der Waals surface area contributed by atoms with E-state index in [1.54, 1.807) is 6.21 Å². The summed E-state index contributed by atoms with van der Waals surface area (Å²) in [6.07, 6.45) is 19.6. The number of likely N-dealkylation sites (N-methyl/N-ethyl adjacent to an activating group) is 1. The Morgan fingerprint density at radius 1 is 0.949 bits per heavy atom. The number of hydrogen-bond donors (Lipinski definition) is 4. The highest BCUT2D eigenvalue weighted by atomic mass is 16.6. The minimum absolute atomic E-state index is 0.0424. The van der Waals surface area contributed by atoms with Crippen LogP contribution in [0.15, 0.2) is 29.5 Å². The highest BCUT2D eigenvalue weighted by molar-refractivity contribution is 6.27. The van der Waals surface area contributed by atoms with Crippen LogP contribution in [0.25, 0.3) is 0 Å². The first-order valence-corrected chi connectivity index (χ1v) is 14.4. The molecule has 9 heteroatoms. The lowest BCUT2D eigenvalue weighted by Gasteiger charge is -2.63. The topological polar surface area (TPSA) is 140 Å². The van der Waals surface area contributed by atoms with Crippen molar-refractivity contribution in [2.45, 2.75) is 83.3 Å². The van der Waals surface area contributed by atoms with Gasteiger partial charge in [0.25, 0.3) is 0 Å². The minimum Gasteiger partial charge on any atom is -0.473 e. The maximum absolute atomic E-state index is 12.2. The van der Waals surface area contributed by atoms with Crippen molar-refractivity contribution in [2.75, 3.05) is 27.2 Å². The standard InChI is InChI=1S/C28H46N2O3.C2H2O4/c1-26-14-12-23(31)20-22(26)9-10-25-24(26)13-15-27(2)21(11-16-28(25,27)32)8-6-5-7-17-29-33-19-18-30(3)4;3-1(4)2(5)6/h5-8,17,21-25,31-32H,9-16,18-20H2,1-4H3;(H,3,4)(H,5,6)/b7-5+,8-6+,29-17+;/t21-,22+,23-,24-,25+,26-,27+,28-;/m0./s1. The summed E-state index contributed by atoms with van der Waals surface area (Å²) >= 11 is 0. The molecule has 4 aliphatic carbocycles. The second-order valence-electron chi connectivity index (χ2n) is 12.7. The molecule has 0 amide bonds. The fraction of sp³-hybridized carbons (Fsp3) is 0.767. The molecule has 0 saturated heterocycles. The van der Waals surface area contributed by atoms with Gasteiger partial charge in [0.1, 0.15) is 6.61 Å². The lowest BCUT2D eigenvalue weighted by atomic mass is 9.43. The van der Waals surface area contributed by atoms with Gasteiger partial charge in [-0.05, 0) is 107 Å². The molecular weight excluding hydrogens is 500 g/mol. The Balaban J connectivity index is 0.000000631. The molecule has 8 atom stereocenters. The van der Waals surface area contributed by atoms with E-state index >= 15 is 0 Å². The van der Waals surface area contributed by atoms with Crippen molar-refractivity contribution in [3.8, 4) is 0 Å². The molecule has 0 aromatic heterocycles. The summed E-state index contributed by atoms with van der Waals surface area (Å²) in [5, 5.41) is 41.2. The minimum atomic E-state index is -1.82. The van der Waals surface area contributed by atoms with E-state index in [-0.39, 0.29) is 11.5 Å². The molecule has 4 fully saturated rings. The number of carbonyl (C=O) groups is 2. The van der Waals surface area contributed by atoms with Crippen LogP contribution in [0.2, 0.25) is 0 Å². The molecule has 0 heterocycles. The van der Waals surface area contributed by atoms with Crippen molar-refractivity contribution in [3.63, 3.8) is 0 Å². The van der Waals surface area contributed by atoms with Crippen LogP contribution in [-0.2, 0) is 14.4 Å². The fourth-order valence-corrected chi connectivity index (χ4v) is 8.22.